The first-order chi connectivity index (χ1) is 11.8. The Kier molecular flexibility index (Phi) is 5.91. The van der Waals surface area contributed by atoms with E-state index in [1.165, 1.54) is 23.8 Å². The van der Waals surface area contributed by atoms with Crippen molar-refractivity contribution in [1.29, 1.82) is 0 Å². The predicted molar refractivity (Wildman–Crippen MR) is 95.5 cm³/mol. The van der Waals surface area contributed by atoms with E-state index in [4.69, 9.17) is 0 Å². The van der Waals surface area contributed by atoms with Crippen LogP contribution >= 0.6 is 0 Å². The summed E-state index contributed by atoms with van der Waals surface area (Å²) in [4.78, 5) is 23.7. The molecule has 2 rings (SSSR count). The molecule has 132 valence electrons. The Morgan fingerprint density at radius 3 is 2.20 bits per heavy atom. The topological polar surface area (TPSA) is 58.2 Å². The summed E-state index contributed by atoms with van der Waals surface area (Å²) in [5.74, 6) is -1.64. The van der Waals surface area contributed by atoms with E-state index in [9.17, 15) is 14.0 Å². The van der Waals surface area contributed by atoms with E-state index >= 15 is 0 Å². The van der Waals surface area contributed by atoms with Crippen LogP contribution in [-0.2, 0) is 16.6 Å². The van der Waals surface area contributed by atoms with Gasteiger partial charge in [-0.15, -0.1) is 0 Å². The van der Waals surface area contributed by atoms with Crippen LogP contribution < -0.4 is 10.9 Å². The van der Waals surface area contributed by atoms with Crippen LogP contribution in [0.5, 0.6) is 0 Å². The molecule has 4 nitrogen and oxygen atoms in total. The summed E-state index contributed by atoms with van der Waals surface area (Å²) in [6.07, 6.45) is 0.790. The fourth-order valence-corrected chi connectivity index (χ4v) is 2.33. The molecular formula is C20H23FN2O2. The van der Waals surface area contributed by atoms with E-state index in [0.29, 0.717) is 6.42 Å². The second-order valence-corrected chi connectivity index (χ2v) is 6.93. The highest BCUT2D eigenvalue weighted by Gasteiger charge is 2.14. The summed E-state index contributed by atoms with van der Waals surface area (Å²) in [5, 5.41) is 0. The second kappa shape index (κ2) is 7.92. The number of aryl methyl sites for hydroxylation is 1. The van der Waals surface area contributed by atoms with Crippen molar-refractivity contribution in [2.75, 3.05) is 0 Å². The fourth-order valence-electron chi connectivity index (χ4n) is 2.33. The van der Waals surface area contributed by atoms with E-state index in [2.05, 4.69) is 43.8 Å². The van der Waals surface area contributed by atoms with Gasteiger partial charge in [0.1, 0.15) is 5.82 Å². The molecule has 0 bridgehead atoms. The first-order valence-electron chi connectivity index (χ1n) is 8.20. The lowest BCUT2D eigenvalue weighted by atomic mass is 9.86. The zero-order valence-corrected chi connectivity index (χ0v) is 14.7. The second-order valence-electron chi connectivity index (χ2n) is 6.93. The maximum Gasteiger partial charge on any atom is 0.272 e. The van der Waals surface area contributed by atoms with Crippen LogP contribution in [0.25, 0.3) is 0 Å². The van der Waals surface area contributed by atoms with Crippen molar-refractivity contribution < 1.29 is 14.0 Å². The van der Waals surface area contributed by atoms with Gasteiger partial charge in [-0.3, -0.25) is 20.4 Å². The smallest absolute Gasteiger partial charge is 0.272 e. The molecule has 0 aliphatic rings. The van der Waals surface area contributed by atoms with Gasteiger partial charge < -0.3 is 0 Å². The van der Waals surface area contributed by atoms with E-state index in [1.807, 2.05) is 12.1 Å². The van der Waals surface area contributed by atoms with Crippen molar-refractivity contribution in [2.45, 2.75) is 39.0 Å². The van der Waals surface area contributed by atoms with Crippen molar-refractivity contribution in [1.82, 2.24) is 10.9 Å². The van der Waals surface area contributed by atoms with Crippen LogP contribution in [0.3, 0.4) is 0 Å². The number of rotatable bonds is 4. The first-order valence-corrected chi connectivity index (χ1v) is 8.20. The summed E-state index contributed by atoms with van der Waals surface area (Å²) in [6, 6.07) is 13.7. The number of hydrazine groups is 1. The zero-order valence-electron chi connectivity index (χ0n) is 14.7. The van der Waals surface area contributed by atoms with Gasteiger partial charge >= 0.3 is 0 Å². The molecule has 0 saturated carbocycles. The molecule has 25 heavy (non-hydrogen) atoms. The normalized spacial score (nSPS) is 11.0. The van der Waals surface area contributed by atoms with E-state index in [1.54, 1.807) is 6.07 Å². The number of benzene rings is 2. The van der Waals surface area contributed by atoms with Gasteiger partial charge in [-0.1, -0.05) is 57.2 Å². The molecule has 2 N–H and O–H groups in total. The number of hydrogen-bond donors (Lipinski definition) is 2. The Bertz CT molecular complexity index is 749. The third kappa shape index (κ3) is 5.41. The van der Waals surface area contributed by atoms with Crippen LogP contribution in [0.2, 0.25) is 0 Å². The summed E-state index contributed by atoms with van der Waals surface area (Å²) < 4.78 is 13.5. The van der Waals surface area contributed by atoms with Crippen molar-refractivity contribution >= 4 is 11.8 Å². The minimum atomic E-state index is -0.680. The van der Waals surface area contributed by atoms with Crippen molar-refractivity contribution in [3.63, 3.8) is 0 Å². The van der Waals surface area contributed by atoms with Gasteiger partial charge in [-0.05, 0) is 35.1 Å². The minimum absolute atomic E-state index is 0.0902. The van der Waals surface area contributed by atoms with Gasteiger partial charge in [0.2, 0.25) is 5.91 Å². The highest BCUT2D eigenvalue weighted by atomic mass is 19.1. The lowest BCUT2D eigenvalue weighted by Gasteiger charge is -2.19. The molecule has 0 aliphatic carbocycles. The molecule has 0 aromatic heterocycles. The first kappa shape index (κ1) is 18.6. The average molecular weight is 342 g/mol. The number of hydrogen-bond acceptors (Lipinski definition) is 2. The van der Waals surface area contributed by atoms with Gasteiger partial charge in [-0.25, -0.2) is 4.39 Å². The average Bonchev–Trinajstić information content (AvgIpc) is 2.58. The van der Waals surface area contributed by atoms with E-state index in [-0.39, 0.29) is 23.3 Å². The third-order valence-corrected chi connectivity index (χ3v) is 3.89. The number of carbonyl (C=O) groups is 2. The monoisotopic (exact) mass is 342 g/mol. The molecule has 0 fully saturated rings. The predicted octanol–water partition coefficient (Wildman–Crippen LogP) is 3.52. The summed E-state index contributed by atoms with van der Waals surface area (Å²) >= 11 is 0. The molecule has 2 aromatic rings. The third-order valence-electron chi connectivity index (χ3n) is 3.89. The maximum absolute atomic E-state index is 13.5. The fraction of sp³-hybridized carbons (Fsp3) is 0.300. The number of nitrogens with one attached hydrogen (secondary N) is 2. The van der Waals surface area contributed by atoms with Gasteiger partial charge in [0, 0.05) is 6.42 Å². The lowest BCUT2D eigenvalue weighted by Crippen LogP contribution is -2.42. The molecule has 5 heteroatoms. The summed E-state index contributed by atoms with van der Waals surface area (Å²) in [5.41, 5.74) is 6.79. The Balaban J connectivity index is 1.81. The summed E-state index contributed by atoms with van der Waals surface area (Å²) in [7, 11) is 0. The van der Waals surface area contributed by atoms with Crippen LogP contribution in [0.15, 0.2) is 48.5 Å². The van der Waals surface area contributed by atoms with Gasteiger partial charge in [-0.2, -0.15) is 0 Å². The van der Waals surface area contributed by atoms with Gasteiger partial charge in [0.25, 0.3) is 5.91 Å². The lowest BCUT2D eigenvalue weighted by molar-refractivity contribution is -0.121. The minimum Gasteiger partial charge on any atom is -0.273 e. The van der Waals surface area contributed by atoms with Gasteiger partial charge in [0.05, 0.1) is 5.56 Å². The van der Waals surface area contributed by atoms with Crippen molar-refractivity contribution in [3.05, 3.63) is 71.0 Å². The largest absolute Gasteiger partial charge is 0.273 e. The molecule has 0 spiro atoms. The van der Waals surface area contributed by atoms with Crippen molar-refractivity contribution in [3.8, 4) is 0 Å². The van der Waals surface area contributed by atoms with Crippen molar-refractivity contribution in [2.24, 2.45) is 0 Å². The molecule has 0 aliphatic heterocycles. The Labute approximate surface area is 147 Å². The molecule has 0 atom stereocenters. The van der Waals surface area contributed by atoms with E-state index < -0.39 is 11.7 Å². The summed E-state index contributed by atoms with van der Waals surface area (Å²) in [6.45, 7) is 6.44. The number of amides is 2. The molecule has 0 heterocycles. The SMILES string of the molecule is CC(C)(C)c1ccc(CCC(=O)NNC(=O)c2ccccc2F)cc1. The van der Waals surface area contributed by atoms with Crippen LogP contribution in [-0.4, -0.2) is 11.8 Å². The highest BCUT2D eigenvalue weighted by molar-refractivity contribution is 5.95. The van der Waals surface area contributed by atoms with Crippen LogP contribution in [0, 0.1) is 5.82 Å². The van der Waals surface area contributed by atoms with E-state index in [0.717, 1.165) is 5.56 Å². The molecular weight excluding hydrogens is 319 g/mol. The molecule has 2 amide bonds. The Morgan fingerprint density at radius 2 is 1.60 bits per heavy atom. The quantitative estimate of drug-likeness (QED) is 0.835. The Hall–Kier alpha value is -2.69. The maximum atomic E-state index is 13.5. The van der Waals surface area contributed by atoms with Crippen LogP contribution in [0.4, 0.5) is 4.39 Å². The standard InChI is InChI=1S/C20H23FN2O2/c1-20(2,3)15-11-8-14(9-12-15)10-13-18(24)22-23-19(25)16-6-4-5-7-17(16)21/h4-9,11-12H,10,13H2,1-3H3,(H,22,24)(H,23,25). The Morgan fingerprint density at radius 1 is 0.960 bits per heavy atom. The molecule has 0 radical (unpaired) electrons. The molecule has 2 aromatic carbocycles. The molecule has 0 unspecified atom stereocenters. The zero-order chi connectivity index (χ0) is 18.4. The highest BCUT2D eigenvalue weighted by Crippen LogP contribution is 2.22. The molecule has 0 saturated heterocycles. The number of carbonyl (C=O) groups excluding carboxylic acids is 2. The van der Waals surface area contributed by atoms with Gasteiger partial charge in [0.15, 0.2) is 0 Å². The number of halogens is 1. The van der Waals surface area contributed by atoms with Crippen LogP contribution in [0.1, 0.15) is 48.7 Å².